The van der Waals surface area contributed by atoms with Crippen molar-refractivity contribution < 1.29 is 4.42 Å². The van der Waals surface area contributed by atoms with Crippen molar-refractivity contribution in [3.8, 4) is 0 Å². The molecule has 23 heavy (non-hydrogen) atoms. The van der Waals surface area contributed by atoms with Gasteiger partial charge in [0.2, 0.25) is 17.2 Å². The van der Waals surface area contributed by atoms with Crippen molar-refractivity contribution in [2.75, 3.05) is 10.6 Å². The molecule has 0 radical (unpaired) electrons. The number of hydrogen-bond donors (Lipinski definition) is 2. The van der Waals surface area contributed by atoms with E-state index in [9.17, 15) is 0 Å². The molecule has 0 aliphatic rings. The molecule has 6 nitrogen and oxygen atoms in total. The Balaban J connectivity index is 1.73. The van der Waals surface area contributed by atoms with Crippen molar-refractivity contribution in [1.82, 2.24) is 15.0 Å². The van der Waals surface area contributed by atoms with Gasteiger partial charge in [-0.3, -0.25) is 0 Å². The second-order valence-electron chi connectivity index (χ2n) is 4.75. The molecule has 3 aromatic rings. The van der Waals surface area contributed by atoms with E-state index in [0.717, 1.165) is 17.2 Å². The number of rotatable bonds is 5. The van der Waals surface area contributed by atoms with Gasteiger partial charge in [0.15, 0.2) is 0 Å². The van der Waals surface area contributed by atoms with Crippen molar-refractivity contribution in [2.45, 2.75) is 13.5 Å². The molecule has 0 unspecified atom stereocenters. The molecule has 0 bridgehead atoms. The molecule has 8 heteroatoms. The van der Waals surface area contributed by atoms with E-state index in [-0.39, 0.29) is 5.28 Å². The molecule has 0 saturated heterocycles. The minimum Gasteiger partial charge on any atom is -0.465 e. The highest BCUT2D eigenvalue weighted by Crippen LogP contribution is 2.19. The molecule has 0 saturated carbocycles. The Morgan fingerprint density at radius 1 is 1.04 bits per heavy atom. The zero-order chi connectivity index (χ0) is 16.2. The number of nitrogens with zero attached hydrogens (tertiary/aromatic N) is 3. The van der Waals surface area contributed by atoms with E-state index in [1.165, 1.54) is 0 Å². The summed E-state index contributed by atoms with van der Waals surface area (Å²) in [5, 5.41) is 6.78. The molecule has 0 spiro atoms. The van der Waals surface area contributed by atoms with Crippen molar-refractivity contribution in [3.05, 3.63) is 58.2 Å². The number of nitrogens with one attached hydrogen (secondary N) is 2. The van der Waals surface area contributed by atoms with Crippen LogP contribution in [0.5, 0.6) is 0 Å². The lowest BCUT2D eigenvalue weighted by Crippen LogP contribution is -2.07. The van der Waals surface area contributed by atoms with Gasteiger partial charge in [0, 0.05) is 10.7 Å². The first-order valence-electron chi connectivity index (χ1n) is 6.82. The second kappa shape index (κ2) is 6.85. The fourth-order valence-electron chi connectivity index (χ4n) is 1.93. The highest BCUT2D eigenvalue weighted by Gasteiger charge is 2.07. The Morgan fingerprint density at radius 2 is 1.87 bits per heavy atom. The molecule has 0 aliphatic heterocycles. The molecular formula is C15H13Cl2N5O. The maximum atomic E-state index is 5.95. The number of furan rings is 1. The van der Waals surface area contributed by atoms with Gasteiger partial charge in [0.1, 0.15) is 11.5 Å². The average Bonchev–Trinajstić information content (AvgIpc) is 2.90. The lowest BCUT2D eigenvalue weighted by atomic mass is 10.3. The summed E-state index contributed by atoms with van der Waals surface area (Å²) < 4.78 is 5.48. The van der Waals surface area contributed by atoms with Gasteiger partial charge in [-0.1, -0.05) is 17.7 Å². The minimum absolute atomic E-state index is 0.0858. The van der Waals surface area contributed by atoms with Gasteiger partial charge in [-0.2, -0.15) is 15.0 Å². The van der Waals surface area contributed by atoms with Gasteiger partial charge in [-0.25, -0.2) is 0 Å². The summed E-state index contributed by atoms with van der Waals surface area (Å²) >= 11 is 11.9. The van der Waals surface area contributed by atoms with Crippen LogP contribution in [0.1, 0.15) is 11.5 Å². The zero-order valence-corrected chi connectivity index (χ0v) is 13.7. The monoisotopic (exact) mass is 349 g/mol. The smallest absolute Gasteiger partial charge is 0.233 e. The third-order valence-corrected chi connectivity index (χ3v) is 3.31. The van der Waals surface area contributed by atoms with Crippen LogP contribution in [-0.2, 0) is 6.54 Å². The maximum Gasteiger partial charge on any atom is 0.233 e. The summed E-state index contributed by atoms with van der Waals surface area (Å²) in [5.41, 5.74) is 0.757. The molecule has 2 heterocycles. The number of benzene rings is 1. The highest BCUT2D eigenvalue weighted by molar-refractivity contribution is 6.30. The number of aryl methyl sites for hydroxylation is 1. The van der Waals surface area contributed by atoms with E-state index in [2.05, 4.69) is 25.6 Å². The highest BCUT2D eigenvalue weighted by atomic mass is 35.5. The molecule has 0 aliphatic carbocycles. The van der Waals surface area contributed by atoms with Crippen LogP contribution in [0.25, 0.3) is 0 Å². The molecule has 118 valence electrons. The zero-order valence-electron chi connectivity index (χ0n) is 12.2. The number of hydrogen-bond acceptors (Lipinski definition) is 6. The average molecular weight is 350 g/mol. The van der Waals surface area contributed by atoms with Gasteiger partial charge >= 0.3 is 0 Å². The summed E-state index contributed by atoms with van der Waals surface area (Å²) in [6.07, 6.45) is 0. The van der Waals surface area contributed by atoms with Gasteiger partial charge in [0.25, 0.3) is 0 Å². The molecule has 0 amide bonds. The van der Waals surface area contributed by atoms with Crippen molar-refractivity contribution in [1.29, 1.82) is 0 Å². The van der Waals surface area contributed by atoms with Gasteiger partial charge < -0.3 is 15.1 Å². The van der Waals surface area contributed by atoms with E-state index < -0.39 is 0 Å². The molecule has 0 fully saturated rings. The minimum atomic E-state index is 0.0858. The van der Waals surface area contributed by atoms with Crippen LogP contribution in [0.15, 0.2) is 40.8 Å². The normalized spacial score (nSPS) is 10.6. The van der Waals surface area contributed by atoms with E-state index >= 15 is 0 Å². The number of anilines is 3. The Bertz CT molecular complexity index is 821. The quantitative estimate of drug-likeness (QED) is 0.709. The van der Waals surface area contributed by atoms with Crippen LogP contribution < -0.4 is 10.6 Å². The van der Waals surface area contributed by atoms with E-state index in [1.807, 2.05) is 31.2 Å². The fourth-order valence-corrected chi connectivity index (χ4v) is 2.28. The Kier molecular flexibility index (Phi) is 4.64. The predicted molar refractivity (Wildman–Crippen MR) is 90.3 cm³/mol. The third kappa shape index (κ3) is 4.34. The van der Waals surface area contributed by atoms with Crippen LogP contribution in [0.3, 0.4) is 0 Å². The van der Waals surface area contributed by atoms with Gasteiger partial charge in [-0.15, -0.1) is 0 Å². The third-order valence-electron chi connectivity index (χ3n) is 2.91. The van der Waals surface area contributed by atoms with Crippen molar-refractivity contribution >= 4 is 40.8 Å². The largest absolute Gasteiger partial charge is 0.465 e. The number of halogens is 2. The number of aromatic nitrogens is 3. The Morgan fingerprint density at radius 3 is 2.61 bits per heavy atom. The molecule has 3 rings (SSSR count). The maximum absolute atomic E-state index is 5.95. The molecular weight excluding hydrogens is 337 g/mol. The predicted octanol–water partition coefficient (Wildman–Crippen LogP) is 4.44. The van der Waals surface area contributed by atoms with E-state index in [1.54, 1.807) is 12.1 Å². The van der Waals surface area contributed by atoms with Crippen molar-refractivity contribution in [2.24, 2.45) is 0 Å². The van der Waals surface area contributed by atoms with Gasteiger partial charge in [0.05, 0.1) is 6.54 Å². The van der Waals surface area contributed by atoms with E-state index in [0.29, 0.717) is 23.5 Å². The van der Waals surface area contributed by atoms with Gasteiger partial charge in [-0.05, 0) is 48.9 Å². The first-order valence-corrected chi connectivity index (χ1v) is 7.57. The Hall–Kier alpha value is -2.31. The van der Waals surface area contributed by atoms with Crippen LogP contribution in [0, 0.1) is 6.92 Å². The van der Waals surface area contributed by atoms with Crippen LogP contribution in [0.4, 0.5) is 17.6 Å². The fraction of sp³-hybridized carbons (Fsp3) is 0.133. The SMILES string of the molecule is Cc1ccc(CNc2nc(Cl)nc(Nc3cccc(Cl)c3)n2)o1. The Labute approximate surface area is 142 Å². The summed E-state index contributed by atoms with van der Waals surface area (Å²) in [5.74, 6) is 2.30. The van der Waals surface area contributed by atoms with Crippen LogP contribution in [0.2, 0.25) is 10.3 Å². The summed E-state index contributed by atoms with van der Waals surface area (Å²) in [6, 6.07) is 11.0. The van der Waals surface area contributed by atoms with Crippen LogP contribution >= 0.6 is 23.2 Å². The first kappa shape index (κ1) is 15.6. The second-order valence-corrected chi connectivity index (χ2v) is 5.53. The van der Waals surface area contributed by atoms with Crippen molar-refractivity contribution in [3.63, 3.8) is 0 Å². The molecule has 2 N–H and O–H groups in total. The molecule has 2 aromatic heterocycles. The molecule has 0 atom stereocenters. The lowest BCUT2D eigenvalue weighted by molar-refractivity contribution is 0.490. The summed E-state index contributed by atoms with van der Waals surface area (Å²) in [4.78, 5) is 12.3. The lowest BCUT2D eigenvalue weighted by Gasteiger charge is -2.08. The topological polar surface area (TPSA) is 75.9 Å². The molecule has 1 aromatic carbocycles. The standard InChI is InChI=1S/C15H13Cl2N5O/c1-9-5-6-12(23-9)8-18-14-20-13(17)21-15(22-14)19-11-4-2-3-10(16)7-11/h2-7H,8H2,1H3,(H2,18,19,20,21,22). The first-order chi connectivity index (χ1) is 11.1. The van der Waals surface area contributed by atoms with Crippen LogP contribution in [-0.4, -0.2) is 15.0 Å². The summed E-state index contributed by atoms with van der Waals surface area (Å²) in [6.45, 7) is 2.33. The van der Waals surface area contributed by atoms with E-state index in [4.69, 9.17) is 27.6 Å². The summed E-state index contributed by atoms with van der Waals surface area (Å²) in [7, 11) is 0.